The third-order valence-electron chi connectivity index (χ3n) is 7.66. The summed E-state index contributed by atoms with van der Waals surface area (Å²) >= 11 is 1.53. The number of fused-ring (bicyclic) bond motifs is 1. The maximum Gasteiger partial charge on any atom is 0.514 e. The minimum Gasteiger partial charge on any atom is -0.497 e. The molecule has 9 heteroatoms. The average molecular weight is 613 g/mol. The molecule has 5 aromatic rings. The summed E-state index contributed by atoms with van der Waals surface area (Å²) in [6.07, 6.45) is 0.664. The standard InChI is InChI=1S/C35H36N2O6S/c1-6-42-35(39)43-30-22-37(20-26-14-10-11-15-29(26)41-5)34-31(32(30)38)28(21-36(3)23(2)24-12-8-7-9-13-24)33(44-34)25-16-18-27(40-4)19-17-25/h7-19,22-23H,6,20-21H2,1-5H3. The number of benzene rings is 3. The molecule has 2 heterocycles. The van der Waals surface area contributed by atoms with Crippen molar-refractivity contribution in [3.8, 4) is 27.7 Å². The van der Waals surface area contributed by atoms with Crippen molar-refractivity contribution in [2.45, 2.75) is 33.0 Å². The Morgan fingerprint density at radius 1 is 0.932 bits per heavy atom. The van der Waals surface area contributed by atoms with E-state index in [0.29, 0.717) is 18.5 Å². The summed E-state index contributed by atoms with van der Waals surface area (Å²) in [5.41, 5.74) is 3.53. The zero-order chi connectivity index (χ0) is 31.2. The molecule has 0 bridgehead atoms. The minimum atomic E-state index is -0.922. The van der Waals surface area contributed by atoms with Gasteiger partial charge in [0.1, 0.15) is 16.3 Å². The largest absolute Gasteiger partial charge is 0.514 e. The molecule has 0 aliphatic carbocycles. The predicted octanol–water partition coefficient (Wildman–Crippen LogP) is 7.52. The lowest BCUT2D eigenvalue weighted by molar-refractivity contribution is 0.104. The van der Waals surface area contributed by atoms with Crippen LogP contribution in [0.25, 0.3) is 20.7 Å². The van der Waals surface area contributed by atoms with Crippen molar-refractivity contribution in [2.24, 2.45) is 0 Å². The fraction of sp³-hybridized carbons (Fsp3) is 0.257. The Bertz CT molecular complexity index is 1800. The van der Waals surface area contributed by atoms with Crippen LogP contribution in [0, 0.1) is 0 Å². The summed E-state index contributed by atoms with van der Waals surface area (Å²) in [6, 6.07) is 25.9. The summed E-state index contributed by atoms with van der Waals surface area (Å²) in [6.45, 7) is 4.82. The molecule has 0 aliphatic heterocycles. The van der Waals surface area contributed by atoms with Crippen LogP contribution in [0.2, 0.25) is 0 Å². The Hall–Kier alpha value is -4.60. The Kier molecular flexibility index (Phi) is 9.67. The molecule has 5 rings (SSSR count). The Morgan fingerprint density at radius 2 is 1.64 bits per heavy atom. The Morgan fingerprint density at radius 3 is 2.32 bits per heavy atom. The smallest absolute Gasteiger partial charge is 0.497 e. The molecule has 44 heavy (non-hydrogen) atoms. The van der Waals surface area contributed by atoms with Gasteiger partial charge in [0.15, 0.2) is 5.75 Å². The first kappa shape index (κ1) is 30.8. The van der Waals surface area contributed by atoms with E-state index in [2.05, 4.69) is 24.0 Å². The van der Waals surface area contributed by atoms with E-state index in [1.165, 1.54) is 16.9 Å². The van der Waals surface area contributed by atoms with Crippen LogP contribution in [-0.4, -0.2) is 43.5 Å². The lowest BCUT2D eigenvalue weighted by Gasteiger charge is -2.25. The van der Waals surface area contributed by atoms with Crippen LogP contribution in [0.1, 0.15) is 36.6 Å². The third-order valence-corrected chi connectivity index (χ3v) is 8.98. The Balaban J connectivity index is 1.73. The van der Waals surface area contributed by atoms with Gasteiger partial charge < -0.3 is 23.5 Å². The van der Waals surface area contributed by atoms with Crippen LogP contribution in [0.3, 0.4) is 0 Å². The normalized spacial score (nSPS) is 11.9. The number of hydrogen-bond acceptors (Lipinski definition) is 8. The van der Waals surface area contributed by atoms with Crippen LogP contribution in [0.5, 0.6) is 17.2 Å². The number of nitrogens with zero attached hydrogens (tertiary/aromatic N) is 2. The molecule has 8 nitrogen and oxygen atoms in total. The van der Waals surface area contributed by atoms with Crippen molar-refractivity contribution in [2.75, 3.05) is 27.9 Å². The van der Waals surface area contributed by atoms with Crippen molar-refractivity contribution in [3.05, 3.63) is 112 Å². The molecular formula is C35H36N2O6S. The molecule has 0 saturated carbocycles. The topological polar surface area (TPSA) is 79.2 Å². The van der Waals surface area contributed by atoms with Crippen molar-refractivity contribution < 1.29 is 23.7 Å². The van der Waals surface area contributed by atoms with Crippen LogP contribution in [0.15, 0.2) is 89.9 Å². The van der Waals surface area contributed by atoms with Crippen molar-refractivity contribution in [1.29, 1.82) is 0 Å². The van der Waals surface area contributed by atoms with Crippen LogP contribution < -0.4 is 19.6 Å². The quantitative estimate of drug-likeness (QED) is 0.143. The molecule has 0 radical (unpaired) electrons. The summed E-state index contributed by atoms with van der Waals surface area (Å²) in [4.78, 5) is 30.5. The number of carbonyl (C=O) groups is 1. The summed E-state index contributed by atoms with van der Waals surface area (Å²) in [5.74, 6) is 1.37. The number of para-hydroxylation sites is 1. The number of thiophene rings is 1. The van der Waals surface area contributed by atoms with E-state index in [4.69, 9.17) is 18.9 Å². The lowest BCUT2D eigenvalue weighted by Crippen LogP contribution is -2.23. The fourth-order valence-corrected chi connectivity index (χ4v) is 6.50. The van der Waals surface area contributed by atoms with E-state index in [-0.39, 0.29) is 23.8 Å². The first-order valence-electron chi connectivity index (χ1n) is 14.4. The number of aromatic nitrogens is 1. The zero-order valence-corrected chi connectivity index (χ0v) is 26.4. The van der Waals surface area contributed by atoms with E-state index >= 15 is 0 Å². The monoisotopic (exact) mass is 612 g/mol. The van der Waals surface area contributed by atoms with Gasteiger partial charge >= 0.3 is 6.16 Å². The highest BCUT2D eigenvalue weighted by Crippen LogP contribution is 2.40. The lowest BCUT2D eigenvalue weighted by atomic mass is 10.0. The summed E-state index contributed by atoms with van der Waals surface area (Å²) in [5, 5.41) is 0.504. The van der Waals surface area contributed by atoms with Gasteiger partial charge in [0, 0.05) is 23.0 Å². The number of carbonyl (C=O) groups excluding carboxylic acids is 1. The highest BCUT2D eigenvalue weighted by atomic mass is 32.1. The average Bonchev–Trinajstić information content (AvgIpc) is 3.43. The summed E-state index contributed by atoms with van der Waals surface area (Å²) in [7, 11) is 5.31. The van der Waals surface area contributed by atoms with Gasteiger partial charge in [0.05, 0.1) is 39.0 Å². The van der Waals surface area contributed by atoms with Gasteiger partial charge in [-0.05, 0) is 67.9 Å². The predicted molar refractivity (Wildman–Crippen MR) is 174 cm³/mol. The van der Waals surface area contributed by atoms with Crippen molar-refractivity contribution in [1.82, 2.24) is 9.47 Å². The van der Waals surface area contributed by atoms with E-state index in [9.17, 15) is 9.59 Å². The van der Waals surface area contributed by atoms with E-state index in [1.54, 1.807) is 27.3 Å². The van der Waals surface area contributed by atoms with E-state index < -0.39 is 6.16 Å². The molecule has 0 amide bonds. The molecule has 0 fully saturated rings. The highest BCUT2D eigenvalue weighted by molar-refractivity contribution is 7.22. The molecule has 0 aliphatic rings. The van der Waals surface area contributed by atoms with Gasteiger partial charge in [-0.2, -0.15) is 0 Å². The first-order valence-corrected chi connectivity index (χ1v) is 15.2. The zero-order valence-electron chi connectivity index (χ0n) is 25.5. The number of pyridine rings is 1. The maximum atomic E-state index is 14.2. The molecule has 0 saturated heterocycles. The molecule has 0 N–H and O–H groups in total. The second kappa shape index (κ2) is 13.8. The fourth-order valence-electron chi connectivity index (χ4n) is 5.21. The third kappa shape index (κ3) is 6.49. The van der Waals surface area contributed by atoms with Crippen molar-refractivity contribution >= 4 is 27.7 Å². The highest BCUT2D eigenvalue weighted by Gasteiger charge is 2.25. The number of methoxy groups -OCH3 is 2. The van der Waals surface area contributed by atoms with Gasteiger partial charge in [0.2, 0.25) is 5.43 Å². The van der Waals surface area contributed by atoms with Gasteiger partial charge in [-0.25, -0.2) is 4.79 Å². The second-order valence-electron chi connectivity index (χ2n) is 10.4. The van der Waals surface area contributed by atoms with Gasteiger partial charge in [-0.1, -0.05) is 48.5 Å². The number of ether oxygens (including phenoxy) is 4. The molecule has 0 spiro atoms. The second-order valence-corrected chi connectivity index (χ2v) is 11.4. The molecule has 228 valence electrons. The molecule has 1 unspecified atom stereocenters. The molecule has 1 atom stereocenters. The number of rotatable bonds is 11. The minimum absolute atomic E-state index is 0.0737. The number of hydrogen-bond donors (Lipinski definition) is 0. The molecule has 3 aromatic carbocycles. The SMILES string of the molecule is CCOC(=O)Oc1cn(Cc2ccccc2OC)c2sc(-c3ccc(OC)cc3)c(CN(C)C(C)c3ccccc3)c2c1=O. The van der Waals surface area contributed by atoms with Crippen LogP contribution in [0.4, 0.5) is 4.79 Å². The molecule has 2 aromatic heterocycles. The van der Waals surface area contributed by atoms with Crippen LogP contribution in [-0.2, 0) is 17.8 Å². The summed E-state index contributed by atoms with van der Waals surface area (Å²) < 4.78 is 23.5. The Labute approximate surface area is 261 Å². The first-order chi connectivity index (χ1) is 21.3. The van der Waals surface area contributed by atoms with Crippen LogP contribution >= 0.6 is 11.3 Å². The maximum absolute atomic E-state index is 14.2. The van der Waals surface area contributed by atoms with Gasteiger partial charge in [-0.15, -0.1) is 11.3 Å². The van der Waals surface area contributed by atoms with E-state index in [1.807, 2.05) is 78.3 Å². The van der Waals surface area contributed by atoms with E-state index in [0.717, 1.165) is 37.9 Å². The van der Waals surface area contributed by atoms with Crippen molar-refractivity contribution in [3.63, 3.8) is 0 Å². The van der Waals surface area contributed by atoms with Gasteiger partial charge in [-0.3, -0.25) is 9.69 Å². The molecular weight excluding hydrogens is 576 g/mol. The van der Waals surface area contributed by atoms with Gasteiger partial charge in [0.25, 0.3) is 0 Å².